The monoisotopic (exact) mass is 414 g/mol. The van der Waals surface area contributed by atoms with Crippen molar-refractivity contribution < 1.29 is 18.7 Å². The molecule has 0 unspecified atom stereocenters. The van der Waals surface area contributed by atoms with Crippen LogP contribution in [0.4, 0.5) is 10.1 Å². The zero-order valence-corrected chi connectivity index (χ0v) is 17.4. The van der Waals surface area contributed by atoms with E-state index in [1.165, 1.54) is 19.2 Å². The minimum atomic E-state index is -0.616. The normalized spacial score (nSPS) is 16.6. The standard InChI is InChI=1S/C22H23FN2O3S/c1-14-6-4-9-18(12-14)25-15(2)19(21(26)28-11-10-27-3)20(24-22(25)29)16-7-5-8-17(23)13-16/h4-9,12-13,20H,10-11H2,1-3H3,(H,24,29)/t20-/m1/s1. The molecule has 1 heterocycles. The maximum absolute atomic E-state index is 13.9. The van der Waals surface area contributed by atoms with Crippen molar-refractivity contribution in [2.45, 2.75) is 19.9 Å². The molecule has 1 aliphatic heterocycles. The average Bonchev–Trinajstić information content (AvgIpc) is 2.67. The Morgan fingerprint density at radius 1 is 1.17 bits per heavy atom. The molecule has 0 spiro atoms. The molecule has 3 rings (SSSR count). The van der Waals surface area contributed by atoms with Gasteiger partial charge in [-0.2, -0.15) is 0 Å². The van der Waals surface area contributed by atoms with Crippen LogP contribution in [0.1, 0.15) is 24.1 Å². The van der Waals surface area contributed by atoms with Crippen molar-refractivity contribution in [3.63, 3.8) is 0 Å². The van der Waals surface area contributed by atoms with Crippen LogP contribution in [0.25, 0.3) is 0 Å². The molecule has 0 bridgehead atoms. The van der Waals surface area contributed by atoms with E-state index >= 15 is 0 Å². The van der Waals surface area contributed by atoms with Crippen LogP contribution in [0.15, 0.2) is 59.8 Å². The number of esters is 1. The highest BCUT2D eigenvalue weighted by molar-refractivity contribution is 7.80. The summed E-state index contributed by atoms with van der Waals surface area (Å²) in [4.78, 5) is 14.8. The molecule has 2 aromatic carbocycles. The summed E-state index contributed by atoms with van der Waals surface area (Å²) in [5.41, 5.74) is 3.50. The van der Waals surface area contributed by atoms with Crippen molar-refractivity contribution in [1.29, 1.82) is 0 Å². The van der Waals surface area contributed by atoms with Gasteiger partial charge in [-0.1, -0.05) is 24.3 Å². The van der Waals surface area contributed by atoms with Gasteiger partial charge in [0.05, 0.1) is 18.2 Å². The number of methoxy groups -OCH3 is 1. The fourth-order valence-corrected chi connectivity index (χ4v) is 3.68. The van der Waals surface area contributed by atoms with Gasteiger partial charge in [0.2, 0.25) is 0 Å². The first-order chi connectivity index (χ1) is 13.9. The van der Waals surface area contributed by atoms with Crippen LogP contribution in [0.2, 0.25) is 0 Å². The Morgan fingerprint density at radius 3 is 2.62 bits per heavy atom. The number of thiocarbonyl (C=S) groups is 1. The number of ether oxygens (including phenoxy) is 2. The van der Waals surface area contributed by atoms with Crippen LogP contribution in [0, 0.1) is 12.7 Å². The summed E-state index contributed by atoms with van der Waals surface area (Å²) < 4.78 is 24.2. The Labute approximate surface area is 175 Å². The molecule has 0 saturated heterocycles. The van der Waals surface area contributed by atoms with E-state index in [1.807, 2.05) is 38.1 Å². The van der Waals surface area contributed by atoms with Gasteiger partial charge in [0.25, 0.3) is 0 Å². The summed E-state index contributed by atoms with van der Waals surface area (Å²) in [5.74, 6) is -0.887. The summed E-state index contributed by atoms with van der Waals surface area (Å²) in [6.07, 6.45) is 0. The van der Waals surface area contributed by atoms with E-state index in [1.54, 1.807) is 17.0 Å². The molecule has 29 heavy (non-hydrogen) atoms. The maximum atomic E-state index is 13.9. The summed E-state index contributed by atoms with van der Waals surface area (Å²) >= 11 is 5.60. The number of carbonyl (C=O) groups excluding carboxylic acids is 1. The fraction of sp³-hybridized carbons (Fsp3) is 0.273. The summed E-state index contributed by atoms with van der Waals surface area (Å²) in [7, 11) is 1.54. The van der Waals surface area contributed by atoms with Gasteiger partial charge in [0.15, 0.2) is 5.11 Å². The molecular weight excluding hydrogens is 391 g/mol. The first-order valence-corrected chi connectivity index (χ1v) is 9.62. The molecular formula is C22H23FN2O3S. The lowest BCUT2D eigenvalue weighted by Gasteiger charge is -2.37. The maximum Gasteiger partial charge on any atom is 0.338 e. The third kappa shape index (κ3) is 4.63. The second-order valence-electron chi connectivity index (χ2n) is 6.74. The predicted molar refractivity (Wildman–Crippen MR) is 114 cm³/mol. The van der Waals surface area contributed by atoms with Crippen molar-refractivity contribution in [1.82, 2.24) is 5.32 Å². The highest BCUT2D eigenvalue weighted by Gasteiger charge is 2.35. The molecule has 1 atom stereocenters. The van der Waals surface area contributed by atoms with Gasteiger partial charge < -0.3 is 14.8 Å². The fourth-order valence-electron chi connectivity index (χ4n) is 3.32. The number of allylic oxidation sites excluding steroid dienone is 1. The third-order valence-electron chi connectivity index (χ3n) is 4.67. The number of rotatable bonds is 6. The van der Waals surface area contributed by atoms with Crippen molar-refractivity contribution in [2.24, 2.45) is 0 Å². The quantitative estimate of drug-likeness (QED) is 0.438. The summed E-state index contributed by atoms with van der Waals surface area (Å²) in [5, 5.41) is 3.61. The molecule has 7 heteroatoms. The van der Waals surface area contributed by atoms with Gasteiger partial charge in [0.1, 0.15) is 12.4 Å². The first kappa shape index (κ1) is 21.0. The molecule has 0 radical (unpaired) electrons. The highest BCUT2D eigenvalue weighted by Crippen LogP contribution is 2.34. The molecule has 0 aromatic heterocycles. The van der Waals surface area contributed by atoms with Crippen molar-refractivity contribution in [3.05, 3.63) is 76.7 Å². The average molecular weight is 415 g/mol. The SMILES string of the molecule is COCCOC(=O)C1=C(C)N(c2cccc(C)c2)C(=S)N[C@@H]1c1cccc(F)c1. The number of carbonyl (C=O) groups is 1. The van der Waals surface area contributed by atoms with Gasteiger partial charge in [0, 0.05) is 18.5 Å². The molecule has 1 aliphatic rings. The van der Waals surface area contributed by atoms with Crippen LogP contribution < -0.4 is 10.2 Å². The second-order valence-corrected chi connectivity index (χ2v) is 7.13. The number of nitrogens with one attached hydrogen (secondary N) is 1. The third-order valence-corrected chi connectivity index (χ3v) is 4.97. The number of hydrogen-bond donors (Lipinski definition) is 1. The molecule has 0 saturated carbocycles. The Kier molecular flexibility index (Phi) is 6.61. The smallest absolute Gasteiger partial charge is 0.338 e. The van der Waals surface area contributed by atoms with E-state index in [4.69, 9.17) is 21.7 Å². The summed E-state index contributed by atoms with van der Waals surface area (Å²) in [6, 6.07) is 13.3. The Balaban J connectivity index is 2.08. The molecule has 0 fully saturated rings. The van der Waals surface area contributed by atoms with Crippen molar-refractivity contribution >= 4 is 29.0 Å². The van der Waals surface area contributed by atoms with E-state index < -0.39 is 12.0 Å². The summed E-state index contributed by atoms with van der Waals surface area (Å²) in [6.45, 7) is 4.21. The minimum absolute atomic E-state index is 0.122. The molecule has 152 valence electrons. The van der Waals surface area contributed by atoms with E-state index in [2.05, 4.69) is 5.32 Å². The van der Waals surface area contributed by atoms with E-state index in [0.29, 0.717) is 21.9 Å². The Morgan fingerprint density at radius 2 is 1.93 bits per heavy atom. The first-order valence-electron chi connectivity index (χ1n) is 9.22. The van der Waals surface area contributed by atoms with Crippen LogP contribution in [-0.4, -0.2) is 31.4 Å². The number of hydrogen-bond acceptors (Lipinski definition) is 4. The second kappa shape index (κ2) is 9.15. The van der Waals surface area contributed by atoms with E-state index in [0.717, 1.165) is 11.3 Å². The Bertz CT molecular complexity index is 961. The zero-order valence-electron chi connectivity index (χ0n) is 16.6. The molecule has 5 nitrogen and oxygen atoms in total. The lowest BCUT2D eigenvalue weighted by Crippen LogP contribution is -2.48. The van der Waals surface area contributed by atoms with Gasteiger partial charge >= 0.3 is 5.97 Å². The van der Waals surface area contributed by atoms with Gasteiger partial charge in [-0.15, -0.1) is 0 Å². The molecule has 2 aromatic rings. The van der Waals surface area contributed by atoms with Crippen molar-refractivity contribution in [3.8, 4) is 0 Å². The largest absolute Gasteiger partial charge is 0.460 e. The number of nitrogens with zero attached hydrogens (tertiary/aromatic N) is 1. The van der Waals surface area contributed by atoms with E-state index in [9.17, 15) is 9.18 Å². The molecule has 1 N–H and O–H groups in total. The lowest BCUT2D eigenvalue weighted by atomic mass is 9.94. The Hall–Kier alpha value is -2.77. The topological polar surface area (TPSA) is 50.8 Å². The van der Waals surface area contributed by atoms with E-state index in [-0.39, 0.29) is 19.0 Å². The van der Waals surface area contributed by atoms with Crippen LogP contribution in [-0.2, 0) is 14.3 Å². The van der Waals surface area contributed by atoms with Gasteiger partial charge in [-0.05, 0) is 61.5 Å². The van der Waals surface area contributed by atoms with Gasteiger partial charge in [-0.3, -0.25) is 4.90 Å². The number of benzene rings is 2. The molecule has 0 amide bonds. The zero-order chi connectivity index (χ0) is 21.0. The predicted octanol–water partition coefficient (Wildman–Crippen LogP) is 4.03. The van der Waals surface area contributed by atoms with Crippen LogP contribution in [0.3, 0.4) is 0 Å². The van der Waals surface area contributed by atoms with Gasteiger partial charge in [-0.25, -0.2) is 9.18 Å². The number of aryl methyl sites for hydroxylation is 1. The highest BCUT2D eigenvalue weighted by atomic mass is 32.1. The number of halogens is 1. The lowest BCUT2D eigenvalue weighted by molar-refractivity contribution is -0.140. The van der Waals surface area contributed by atoms with Crippen LogP contribution >= 0.6 is 12.2 Å². The van der Waals surface area contributed by atoms with Crippen molar-refractivity contribution in [2.75, 3.05) is 25.2 Å². The molecule has 0 aliphatic carbocycles. The van der Waals surface area contributed by atoms with Crippen LogP contribution in [0.5, 0.6) is 0 Å². The minimum Gasteiger partial charge on any atom is -0.460 e. The number of anilines is 1.